The molecule has 0 amide bonds. The highest BCUT2D eigenvalue weighted by atomic mass is 19.1. The van der Waals surface area contributed by atoms with Crippen LogP contribution in [0.2, 0.25) is 0 Å². The van der Waals surface area contributed by atoms with Gasteiger partial charge >= 0.3 is 5.69 Å². The van der Waals surface area contributed by atoms with Gasteiger partial charge in [-0.05, 0) is 30.0 Å². The van der Waals surface area contributed by atoms with Crippen LogP contribution in [-0.2, 0) is 0 Å². The standard InChI is InChI=1S/C11H13FN2O/c1-3-6(2)7-4-8(12)10-9(5-7)13-11(15)14-10/h4-6H,3H2,1-2H3,(H2,13,14,15). The summed E-state index contributed by atoms with van der Waals surface area (Å²) in [5.41, 5.74) is 1.34. The molecule has 0 fully saturated rings. The fourth-order valence-corrected chi connectivity index (χ4v) is 1.64. The third kappa shape index (κ3) is 1.67. The minimum atomic E-state index is -0.374. The molecule has 1 unspecified atom stereocenters. The highest BCUT2D eigenvalue weighted by Gasteiger charge is 2.10. The van der Waals surface area contributed by atoms with Crippen LogP contribution < -0.4 is 5.69 Å². The van der Waals surface area contributed by atoms with Crippen LogP contribution in [-0.4, -0.2) is 9.97 Å². The number of halogens is 1. The van der Waals surface area contributed by atoms with Gasteiger partial charge in [-0.2, -0.15) is 0 Å². The number of hydrogen-bond donors (Lipinski definition) is 2. The van der Waals surface area contributed by atoms with Crippen molar-refractivity contribution in [3.8, 4) is 0 Å². The molecule has 1 atom stereocenters. The lowest BCUT2D eigenvalue weighted by Crippen LogP contribution is -1.99. The summed E-state index contributed by atoms with van der Waals surface area (Å²) in [6.45, 7) is 4.08. The molecular weight excluding hydrogens is 195 g/mol. The van der Waals surface area contributed by atoms with E-state index in [2.05, 4.69) is 9.97 Å². The van der Waals surface area contributed by atoms with E-state index in [1.807, 2.05) is 19.9 Å². The third-order valence-electron chi connectivity index (χ3n) is 2.78. The Kier molecular flexibility index (Phi) is 2.34. The topological polar surface area (TPSA) is 48.6 Å². The molecule has 0 saturated carbocycles. The van der Waals surface area contributed by atoms with Crippen LogP contribution in [0.15, 0.2) is 16.9 Å². The van der Waals surface area contributed by atoms with Gasteiger partial charge in [0, 0.05) is 0 Å². The number of imidazole rings is 1. The highest BCUT2D eigenvalue weighted by Crippen LogP contribution is 2.23. The molecule has 0 radical (unpaired) electrons. The molecule has 0 aliphatic carbocycles. The molecule has 2 aromatic rings. The van der Waals surface area contributed by atoms with Gasteiger partial charge < -0.3 is 9.97 Å². The summed E-state index contributed by atoms with van der Waals surface area (Å²) < 4.78 is 13.6. The van der Waals surface area contributed by atoms with Crippen LogP contribution in [0.5, 0.6) is 0 Å². The van der Waals surface area contributed by atoms with Gasteiger partial charge in [0.15, 0.2) is 0 Å². The molecule has 1 aromatic carbocycles. The second-order valence-electron chi connectivity index (χ2n) is 3.81. The predicted molar refractivity (Wildman–Crippen MR) is 57.6 cm³/mol. The summed E-state index contributed by atoms with van der Waals surface area (Å²) in [5, 5.41) is 0. The Bertz CT molecular complexity index is 541. The van der Waals surface area contributed by atoms with Gasteiger partial charge in [0.25, 0.3) is 0 Å². The van der Waals surface area contributed by atoms with Gasteiger partial charge in [-0.25, -0.2) is 9.18 Å². The molecule has 2 rings (SSSR count). The number of rotatable bonds is 2. The molecule has 3 nitrogen and oxygen atoms in total. The minimum Gasteiger partial charge on any atom is -0.306 e. The number of benzene rings is 1. The molecule has 2 N–H and O–H groups in total. The van der Waals surface area contributed by atoms with Crippen molar-refractivity contribution >= 4 is 11.0 Å². The molecule has 80 valence electrons. The first-order valence-electron chi connectivity index (χ1n) is 5.03. The molecule has 0 spiro atoms. The van der Waals surface area contributed by atoms with Crippen molar-refractivity contribution in [3.05, 3.63) is 34.0 Å². The lowest BCUT2D eigenvalue weighted by Gasteiger charge is -2.08. The summed E-state index contributed by atoms with van der Waals surface area (Å²) in [6, 6.07) is 3.31. The van der Waals surface area contributed by atoms with E-state index < -0.39 is 0 Å². The zero-order chi connectivity index (χ0) is 11.0. The number of nitrogens with one attached hydrogen (secondary N) is 2. The van der Waals surface area contributed by atoms with Crippen LogP contribution in [0.25, 0.3) is 11.0 Å². The molecule has 4 heteroatoms. The summed E-state index contributed by atoms with van der Waals surface area (Å²) >= 11 is 0. The molecule has 15 heavy (non-hydrogen) atoms. The zero-order valence-electron chi connectivity index (χ0n) is 8.73. The fourth-order valence-electron chi connectivity index (χ4n) is 1.64. The van der Waals surface area contributed by atoms with E-state index >= 15 is 0 Å². The van der Waals surface area contributed by atoms with Gasteiger partial charge in [-0.15, -0.1) is 0 Å². The van der Waals surface area contributed by atoms with Crippen LogP contribution >= 0.6 is 0 Å². The smallest absolute Gasteiger partial charge is 0.306 e. The number of hydrogen-bond acceptors (Lipinski definition) is 1. The maximum absolute atomic E-state index is 13.6. The second-order valence-corrected chi connectivity index (χ2v) is 3.81. The molecule has 0 saturated heterocycles. The highest BCUT2D eigenvalue weighted by molar-refractivity contribution is 5.76. The van der Waals surface area contributed by atoms with Gasteiger partial charge in [-0.1, -0.05) is 13.8 Å². The maximum atomic E-state index is 13.6. The maximum Gasteiger partial charge on any atom is 0.323 e. The normalized spacial score (nSPS) is 13.3. The Morgan fingerprint density at radius 1 is 1.40 bits per heavy atom. The average Bonchev–Trinajstić information content (AvgIpc) is 2.58. The molecular formula is C11H13FN2O. The predicted octanol–water partition coefficient (Wildman–Crippen LogP) is 2.51. The van der Waals surface area contributed by atoms with Crippen LogP contribution in [0.3, 0.4) is 0 Å². The van der Waals surface area contributed by atoms with E-state index in [9.17, 15) is 9.18 Å². The first-order chi connectivity index (χ1) is 7.11. The Morgan fingerprint density at radius 2 is 2.13 bits per heavy atom. The zero-order valence-corrected chi connectivity index (χ0v) is 8.73. The van der Waals surface area contributed by atoms with Crippen molar-refractivity contribution in [1.29, 1.82) is 0 Å². The van der Waals surface area contributed by atoms with Crippen LogP contribution in [0.4, 0.5) is 4.39 Å². The first kappa shape index (κ1) is 9.96. The van der Waals surface area contributed by atoms with Gasteiger partial charge in [-0.3, -0.25) is 0 Å². The molecule has 0 bridgehead atoms. The second kappa shape index (κ2) is 3.53. The van der Waals surface area contributed by atoms with E-state index in [1.165, 1.54) is 6.07 Å². The van der Waals surface area contributed by atoms with Gasteiger partial charge in [0.05, 0.1) is 5.52 Å². The summed E-state index contributed by atoms with van der Waals surface area (Å²) in [7, 11) is 0. The van der Waals surface area contributed by atoms with E-state index in [-0.39, 0.29) is 17.0 Å². The van der Waals surface area contributed by atoms with Crippen molar-refractivity contribution in [3.63, 3.8) is 0 Å². The van der Waals surface area contributed by atoms with Crippen molar-refractivity contribution < 1.29 is 4.39 Å². The third-order valence-corrected chi connectivity index (χ3v) is 2.78. The number of H-pyrrole nitrogens is 2. The van der Waals surface area contributed by atoms with Crippen molar-refractivity contribution in [1.82, 2.24) is 9.97 Å². The lowest BCUT2D eigenvalue weighted by atomic mass is 9.98. The Hall–Kier alpha value is -1.58. The van der Waals surface area contributed by atoms with E-state index in [0.717, 1.165) is 12.0 Å². The summed E-state index contributed by atoms with van der Waals surface area (Å²) in [6.07, 6.45) is 0.944. The molecule has 0 aliphatic heterocycles. The number of aromatic nitrogens is 2. The van der Waals surface area contributed by atoms with Crippen LogP contribution in [0.1, 0.15) is 31.7 Å². The molecule has 1 aromatic heterocycles. The number of fused-ring (bicyclic) bond motifs is 1. The van der Waals surface area contributed by atoms with Gasteiger partial charge in [0.1, 0.15) is 11.3 Å². The summed E-state index contributed by atoms with van der Waals surface area (Å²) in [5.74, 6) is -0.0801. The Labute approximate surface area is 86.3 Å². The fraction of sp³-hybridized carbons (Fsp3) is 0.364. The Morgan fingerprint density at radius 3 is 2.80 bits per heavy atom. The van der Waals surface area contributed by atoms with Crippen molar-refractivity contribution in [2.45, 2.75) is 26.2 Å². The summed E-state index contributed by atoms with van der Waals surface area (Å²) in [4.78, 5) is 16.0. The van der Waals surface area contributed by atoms with E-state index in [0.29, 0.717) is 11.4 Å². The monoisotopic (exact) mass is 208 g/mol. The van der Waals surface area contributed by atoms with E-state index in [1.54, 1.807) is 0 Å². The van der Waals surface area contributed by atoms with Crippen molar-refractivity contribution in [2.24, 2.45) is 0 Å². The molecule has 1 heterocycles. The lowest BCUT2D eigenvalue weighted by molar-refractivity contribution is 0.629. The quantitative estimate of drug-likeness (QED) is 0.782. The number of aromatic amines is 2. The average molecular weight is 208 g/mol. The van der Waals surface area contributed by atoms with E-state index in [4.69, 9.17) is 0 Å². The molecule has 0 aliphatic rings. The minimum absolute atomic E-state index is 0.257. The largest absolute Gasteiger partial charge is 0.323 e. The van der Waals surface area contributed by atoms with Crippen LogP contribution in [0, 0.1) is 5.82 Å². The van der Waals surface area contributed by atoms with Gasteiger partial charge in [0.2, 0.25) is 0 Å². The van der Waals surface area contributed by atoms with Crippen molar-refractivity contribution in [2.75, 3.05) is 0 Å². The Balaban J connectivity index is 2.66. The first-order valence-corrected chi connectivity index (χ1v) is 5.03. The SMILES string of the molecule is CCC(C)c1cc(F)c2[nH]c(=O)[nH]c2c1.